The summed E-state index contributed by atoms with van der Waals surface area (Å²) in [6, 6.07) is 0. The molecule has 0 bridgehead atoms. The van der Waals surface area contributed by atoms with Crippen LogP contribution < -0.4 is 11.1 Å². The quantitative estimate of drug-likeness (QED) is 0.757. The van der Waals surface area contributed by atoms with Crippen molar-refractivity contribution >= 4 is 0 Å². The van der Waals surface area contributed by atoms with Gasteiger partial charge in [0, 0.05) is 17.2 Å². The minimum Gasteiger partial charge on any atom is -0.401 e. The summed E-state index contributed by atoms with van der Waals surface area (Å²) in [4.78, 5) is 0. The third kappa shape index (κ3) is 4.51. The molecule has 2 heteroatoms. The van der Waals surface area contributed by atoms with E-state index >= 15 is 0 Å². The van der Waals surface area contributed by atoms with Gasteiger partial charge in [-0.05, 0) is 63.5 Å². The smallest absolute Gasteiger partial charge is 0.0211 e. The Bertz CT molecular complexity index is 421. The zero-order chi connectivity index (χ0) is 15.2. The summed E-state index contributed by atoms with van der Waals surface area (Å²) in [6.45, 7) is 8.94. The maximum absolute atomic E-state index is 5.90. The number of hydrogen-bond acceptors (Lipinski definition) is 2. The molecule has 1 aliphatic carbocycles. The van der Waals surface area contributed by atoms with Crippen molar-refractivity contribution in [3.8, 4) is 11.8 Å². The molecule has 2 aliphatic rings. The lowest BCUT2D eigenvalue weighted by Gasteiger charge is -2.33. The maximum Gasteiger partial charge on any atom is 0.0211 e. The molecule has 1 heterocycles. The third-order valence-electron chi connectivity index (χ3n) is 5.51. The van der Waals surface area contributed by atoms with Crippen molar-refractivity contribution in [3.05, 3.63) is 11.3 Å². The van der Waals surface area contributed by atoms with Crippen LogP contribution in [0.1, 0.15) is 59.3 Å². The van der Waals surface area contributed by atoms with Gasteiger partial charge >= 0.3 is 0 Å². The highest BCUT2D eigenvalue weighted by Gasteiger charge is 2.30. The number of allylic oxidation sites excluding steroid dienone is 2. The molecular formula is C19H32N2. The second-order valence-corrected chi connectivity index (χ2v) is 6.97. The summed E-state index contributed by atoms with van der Waals surface area (Å²) in [5, 5.41) is 3.55. The molecule has 0 aromatic rings. The van der Waals surface area contributed by atoms with Gasteiger partial charge in [0.15, 0.2) is 0 Å². The maximum atomic E-state index is 5.90. The Morgan fingerprint density at radius 2 is 1.86 bits per heavy atom. The van der Waals surface area contributed by atoms with E-state index in [0.717, 1.165) is 35.4 Å². The highest BCUT2D eigenvalue weighted by atomic mass is 14.9. The van der Waals surface area contributed by atoms with Gasteiger partial charge < -0.3 is 11.1 Å². The fraction of sp³-hybridized carbons (Fsp3) is 0.789. The van der Waals surface area contributed by atoms with Gasteiger partial charge in [0.05, 0.1) is 0 Å². The Kier molecular flexibility index (Phi) is 6.18. The van der Waals surface area contributed by atoms with Crippen molar-refractivity contribution < 1.29 is 0 Å². The normalized spacial score (nSPS) is 32.9. The molecule has 0 radical (unpaired) electrons. The molecular weight excluding hydrogens is 256 g/mol. The van der Waals surface area contributed by atoms with E-state index in [9.17, 15) is 0 Å². The van der Waals surface area contributed by atoms with Crippen LogP contribution in [0.2, 0.25) is 0 Å². The highest BCUT2D eigenvalue weighted by molar-refractivity contribution is 5.31. The van der Waals surface area contributed by atoms with Crippen molar-refractivity contribution in [2.24, 2.45) is 29.4 Å². The van der Waals surface area contributed by atoms with Gasteiger partial charge in [0.1, 0.15) is 0 Å². The molecule has 0 aromatic carbocycles. The van der Waals surface area contributed by atoms with Gasteiger partial charge in [-0.2, -0.15) is 0 Å². The van der Waals surface area contributed by atoms with Crippen molar-refractivity contribution in [2.45, 2.75) is 59.3 Å². The molecule has 2 rings (SSSR count). The lowest BCUT2D eigenvalue weighted by Crippen LogP contribution is -2.24. The Hall–Kier alpha value is -0.940. The Labute approximate surface area is 130 Å². The number of hydrogen-bond donors (Lipinski definition) is 2. The zero-order valence-electron chi connectivity index (χ0n) is 14.0. The molecule has 1 saturated carbocycles. The topological polar surface area (TPSA) is 38.0 Å². The molecule has 1 aliphatic heterocycles. The summed E-state index contributed by atoms with van der Waals surface area (Å²) >= 11 is 0. The molecule has 2 atom stereocenters. The van der Waals surface area contributed by atoms with Crippen LogP contribution in [0.4, 0.5) is 0 Å². The molecule has 0 aromatic heterocycles. The third-order valence-corrected chi connectivity index (χ3v) is 5.51. The second kappa shape index (κ2) is 7.90. The van der Waals surface area contributed by atoms with Crippen LogP contribution in [0.15, 0.2) is 11.3 Å². The molecule has 21 heavy (non-hydrogen) atoms. The van der Waals surface area contributed by atoms with Gasteiger partial charge in [-0.15, -0.1) is 0 Å². The van der Waals surface area contributed by atoms with Crippen molar-refractivity contribution in [3.63, 3.8) is 0 Å². The first-order valence-corrected chi connectivity index (χ1v) is 8.81. The summed E-state index contributed by atoms with van der Waals surface area (Å²) in [7, 11) is 0. The number of nitrogens with one attached hydrogen (secondary N) is 1. The first-order valence-electron chi connectivity index (χ1n) is 8.81. The van der Waals surface area contributed by atoms with E-state index in [2.05, 4.69) is 31.0 Å². The van der Waals surface area contributed by atoms with Crippen LogP contribution in [-0.2, 0) is 0 Å². The summed E-state index contributed by atoms with van der Waals surface area (Å²) in [5.41, 5.74) is 7.92. The summed E-state index contributed by atoms with van der Waals surface area (Å²) in [5.74, 6) is 10.1. The minimum atomic E-state index is 0.623. The van der Waals surface area contributed by atoms with E-state index in [-0.39, 0.29) is 0 Å². The average molecular weight is 288 g/mol. The first-order chi connectivity index (χ1) is 10.1. The SMILES string of the molecule is CC/C(N)=C(\C)C#CC1CC(CCC2CNCC2CC)C1. The van der Waals surface area contributed by atoms with E-state index in [0.29, 0.717) is 5.92 Å². The van der Waals surface area contributed by atoms with Gasteiger partial charge in [0.25, 0.3) is 0 Å². The summed E-state index contributed by atoms with van der Waals surface area (Å²) < 4.78 is 0. The Balaban J connectivity index is 1.67. The molecule has 118 valence electrons. The van der Waals surface area contributed by atoms with Crippen molar-refractivity contribution in [2.75, 3.05) is 13.1 Å². The predicted molar refractivity (Wildman–Crippen MR) is 90.5 cm³/mol. The lowest BCUT2D eigenvalue weighted by atomic mass is 9.71. The lowest BCUT2D eigenvalue weighted by molar-refractivity contribution is 0.210. The highest BCUT2D eigenvalue weighted by Crippen LogP contribution is 2.38. The van der Waals surface area contributed by atoms with Crippen LogP contribution in [-0.4, -0.2) is 13.1 Å². The monoisotopic (exact) mass is 288 g/mol. The van der Waals surface area contributed by atoms with Gasteiger partial charge in [-0.25, -0.2) is 0 Å². The van der Waals surface area contributed by atoms with Crippen molar-refractivity contribution in [1.29, 1.82) is 0 Å². The minimum absolute atomic E-state index is 0.623. The second-order valence-electron chi connectivity index (χ2n) is 6.97. The first kappa shape index (κ1) is 16.4. The predicted octanol–water partition coefficient (Wildman–Crippen LogP) is 3.68. The van der Waals surface area contributed by atoms with Gasteiger partial charge in [0.2, 0.25) is 0 Å². The molecule has 0 amide bonds. The average Bonchev–Trinajstić information content (AvgIpc) is 2.91. The van der Waals surface area contributed by atoms with E-state index in [1.54, 1.807) is 0 Å². The van der Waals surface area contributed by atoms with E-state index in [4.69, 9.17) is 5.73 Å². The van der Waals surface area contributed by atoms with Gasteiger partial charge in [-0.3, -0.25) is 0 Å². The van der Waals surface area contributed by atoms with Crippen LogP contribution in [0.3, 0.4) is 0 Å². The van der Waals surface area contributed by atoms with Crippen LogP contribution in [0, 0.1) is 35.5 Å². The Morgan fingerprint density at radius 3 is 2.52 bits per heavy atom. The van der Waals surface area contributed by atoms with Crippen LogP contribution >= 0.6 is 0 Å². The molecule has 2 unspecified atom stereocenters. The molecule has 3 N–H and O–H groups in total. The van der Waals surface area contributed by atoms with Crippen LogP contribution in [0.5, 0.6) is 0 Å². The van der Waals surface area contributed by atoms with Crippen LogP contribution in [0.25, 0.3) is 0 Å². The van der Waals surface area contributed by atoms with E-state index in [1.807, 2.05) is 6.92 Å². The number of nitrogens with two attached hydrogens (primary N) is 1. The largest absolute Gasteiger partial charge is 0.401 e. The fourth-order valence-corrected chi connectivity index (χ4v) is 3.70. The summed E-state index contributed by atoms with van der Waals surface area (Å²) in [6.07, 6.45) is 7.68. The number of rotatable bonds is 5. The zero-order valence-corrected chi connectivity index (χ0v) is 14.0. The van der Waals surface area contributed by atoms with E-state index < -0.39 is 0 Å². The van der Waals surface area contributed by atoms with Crippen molar-refractivity contribution in [1.82, 2.24) is 5.32 Å². The molecule has 0 spiro atoms. The molecule has 2 fully saturated rings. The van der Waals surface area contributed by atoms with E-state index in [1.165, 1.54) is 45.2 Å². The Morgan fingerprint density at radius 1 is 1.14 bits per heavy atom. The fourth-order valence-electron chi connectivity index (χ4n) is 3.70. The standard InChI is InChI=1S/C19H32N2/c1-4-17-12-21-13-18(17)9-8-16-10-15(11-16)7-6-14(3)19(20)5-2/h15-18,21H,4-5,8-13,20H2,1-3H3/b19-14-. The molecule has 2 nitrogen and oxygen atoms in total. The molecule has 1 saturated heterocycles. The van der Waals surface area contributed by atoms with Gasteiger partial charge in [-0.1, -0.05) is 38.5 Å².